The minimum absolute atomic E-state index is 0.0425. The lowest BCUT2D eigenvalue weighted by Gasteiger charge is -2.12. The summed E-state index contributed by atoms with van der Waals surface area (Å²) in [4.78, 5) is 28.8. The summed E-state index contributed by atoms with van der Waals surface area (Å²) in [5.41, 5.74) is -0.879. The van der Waals surface area contributed by atoms with E-state index in [1.807, 2.05) is 0 Å². The lowest BCUT2D eigenvalue weighted by molar-refractivity contribution is 0.0963. The molecular formula is C17H11BrClF2N5O2. The fourth-order valence-electron chi connectivity index (χ4n) is 2.40. The second-order valence-electron chi connectivity index (χ2n) is 5.42. The quantitative estimate of drug-likeness (QED) is 0.610. The summed E-state index contributed by atoms with van der Waals surface area (Å²) in [7, 11) is 1.30. The van der Waals surface area contributed by atoms with E-state index in [-0.39, 0.29) is 22.1 Å². The zero-order chi connectivity index (χ0) is 20.4. The van der Waals surface area contributed by atoms with Crippen molar-refractivity contribution in [3.63, 3.8) is 0 Å². The van der Waals surface area contributed by atoms with E-state index in [0.717, 1.165) is 10.7 Å². The number of hydrogen-bond donors (Lipinski definition) is 2. The van der Waals surface area contributed by atoms with Gasteiger partial charge in [-0.25, -0.2) is 18.4 Å². The maximum absolute atomic E-state index is 14.3. The summed E-state index contributed by atoms with van der Waals surface area (Å²) in [5.74, 6) is -3.46. The van der Waals surface area contributed by atoms with E-state index in [9.17, 15) is 18.4 Å². The van der Waals surface area contributed by atoms with Crippen LogP contribution in [-0.2, 0) is 0 Å². The van der Waals surface area contributed by atoms with Crippen molar-refractivity contribution in [3.05, 3.63) is 69.0 Å². The average molecular weight is 471 g/mol. The first-order valence-electron chi connectivity index (χ1n) is 7.70. The third-order valence-corrected chi connectivity index (χ3v) is 4.30. The van der Waals surface area contributed by atoms with Crippen molar-refractivity contribution in [3.8, 4) is 5.82 Å². The molecule has 0 aliphatic rings. The fraction of sp³-hybridized carbons (Fsp3) is 0.0588. The molecule has 0 bridgehead atoms. The Bertz CT molecular complexity index is 1090. The molecule has 0 atom stereocenters. The molecule has 144 valence electrons. The van der Waals surface area contributed by atoms with E-state index in [1.165, 1.54) is 19.3 Å². The third kappa shape index (κ3) is 3.87. The first kappa shape index (κ1) is 19.9. The van der Waals surface area contributed by atoms with E-state index >= 15 is 0 Å². The smallest absolute Gasteiger partial charge is 0.274 e. The van der Waals surface area contributed by atoms with Gasteiger partial charge in [0.15, 0.2) is 5.82 Å². The number of nitrogens with one attached hydrogen (secondary N) is 2. The molecule has 2 heterocycles. The second kappa shape index (κ2) is 8.03. The molecule has 0 aliphatic carbocycles. The highest BCUT2D eigenvalue weighted by Crippen LogP contribution is 2.25. The Balaban J connectivity index is 2.05. The highest BCUT2D eigenvalue weighted by molar-refractivity contribution is 9.10. The van der Waals surface area contributed by atoms with Crippen LogP contribution >= 0.6 is 27.5 Å². The molecule has 7 nitrogen and oxygen atoms in total. The first-order chi connectivity index (χ1) is 13.3. The number of benzene rings is 1. The number of hydrogen-bond acceptors (Lipinski definition) is 4. The molecule has 0 spiro atoms. The summed E-state index contributed by atoms with van der Waals surface area (Å²) in [6.07, 6.45) is 1.46. The topological polar surface area (TPSA) is 88.9 Å². The number of aromatic nitrogens is 3. The highest BCUT2D eigenvalue weighted by Gasteiger charge is 2.23. The highest BCUT2D eigenvalue weighted by atomic mass is 79.9. The average Bonchev–Trinajstić information content (AvgIpc) is 3.05. The molecule has 0 saturated heterocycles. The lowest BCUT2D eigenvalue weighted by atomic mass is 10.1. The third-order valence-electron chi connectivity index (χ3n) is 3.62. The predicted octanol–water partition coefficient (Wildman–Crippen LogP) is 3.57. The molecule has 3 rings (SSSR count). The van der Waals surface area contributed by atoms with Crippen molar-refractivity contribution in [1.29, 1.82) is 0 Å². The monoisotopic (exact) mass is 469 g/mol. The molecule has 2 N–H and O–H groups in total. The van der Waals surface area contributed by atoms with Crippen LogP contribution in [0.3, 0.4) is 0 Å². The van der Waals surface area contributed by atoms with Crippen molar-refractivity contribution in [2.24, 2.45) is 0 Å². The maximum atomic E-state index is 14.3. The van der Waals surface area contributed by atoms with Gasteiger partial charge in [-0.15, -0.1) is 0 Å². The van der Waals surface area contributed by atoms with Gasteiger partial charge in [0.1, 0.15) is 21.9 Å². The number of amides is 2. The molecule has 11 heteroatoms. The molecule has 2 aromatic heterocycles. The number of rotatable bonds is 4. The minimum atomic E-state index is -1.10. The second-order valence-corrected chi connectivity index (χ2v) is 6.64. The summed E-state index contributed by atoms with van der Waals surface area (Å²) in [6, 6.07) is 5.91. The van der Waals surface area contributed by atoms with Crippen LogP contribution in [0.15, 0.2) is 41.1 Å². The van der Waals surface area contributed by atoms with Crippen LogP contribution in [0.2, 0.25) is 5.02 Å². The zero-order valence-electron chi connectivity index (χ0n) is 14.1. The van der Waals surface area contributed by atoms with Crippen LogP contribution in [0.1, 0.15) is 20.8 Å². The van der Waals surface area contributed by atoms with Gasteiger partial charge in [0.2, 0.25) is 0 Å². The Kier molecular flexibility index (Phi) is 5.71. The van der Waals surface area contributed by atoms with Crippen LogP contribution in [0, 0.1) is 11.6 Å². The normalized spacial score (nSPS) is 10.6. The van der Waals surface area contributed by atoms with Gasteiger partial charge in [0.25, 0.3) is 11.8 Å². The SMILES string of the molecule is CNC(=O)c1cc(F)cc(F)c1NC(=O)c1cc(Br)nn1-c1ncccc1Cl. The molecule has 0 fully saturated rings. The Labute approximate surface area is 170 Å². The van der Waals surface area contributed by atoms with Crippen molar-refractivity contribution in [2.75, 3.05) is 12.4 Å². The minimum Gasteiger partial charge on any atom is -0.355 e. The molecule has 3 aromatic rings. The van der Waals surface area contributed by atoms with Crippen LogP contribution in [-0.4, -0.2) is 33.6 Å². The number of carbonyl (C=O) groups excluding carboxylic acids is 2. The van der Waals surface area contributed by atoms with Crippen molar-refractivity contribution in [1.82, 2.24) is 20.1 Å². The standard InChI is InChI=1S/C17H11BrClF2N5O2/c1-22-16(27)9-5-8(20)6-11(21)14(9)24-17(28)12-7-13(18)25-26(12)15-10(19)3-2-4-23-15/h2-7H,1H3,(H,22,27)(H,24,28). The molecule has 0 saturated carbocycles. The Hall–Kier alpha value is -2.85. The molecule has 0 aliphatic heterocycles. The van der Waals surface area contributed by atoms with E-state index in [0.29, 0.717) is 10.7 Å². The van der Waals surface area contributed by atoms with E-state index in [4.69, 9.17) is 11.6 Å². The van der Waals surface area contributed by atoms with Crippen molar-refractivity contribution in [2.45, 2.75) is 0 Å². The van der Waals surface area contributed by atoms with Gasteiger partial charge >= 0.3 is 0 Å². The van der Waals surface area contributed by atoms with Gasteiger partial charge in [0, 0.05) is 25.4 Å². The summed E-state index contributed by atoms with van der Waals surface area (Å²) in [6.45, 7) is 0. The molecular weight excluding hydrogens is 460 g/mol. The van der Waals surface area contributed by atoms with Crippen LogP contribution < -0.4 is 10.6 Å². The Morgan fingerprint density at radius 3 is 2.64 bits per heavy atom. The largest absolute Gasteiger partial charge is 0.355 e. The fourth-order valence-corrected chi connectivity index (χ4v) is 2.98. The lowest BCUT2D eigenvalue weighted by Crippen LogP contribution is -2.24. The molecule has 0 unspecified atom stereocenters. The summed E-state index contributed by atoms with van der Waals surface area (Å²) < 4.78 is 29.3. The van der Waals surface area contributed by atoms with E-state index < -0.39 is 29.1 Å². The van der Waals surface area contributed by atoms with Crippen LogP contribution in [0.5, 0.6) is 0 Å². The van der Waals surface area contributed by atoms with Crippen LogP contribution in [0.4, 0.5) is 14.5 Å². The number of anilines is 1. The van der Waals surface area contributed by atoms with Crippen LogP contribution in [0.25, 0.3) is 5.82 Å². The first-order valence-corrected chi connectivity index (χ1v) is 8.88. The van der Waals surface area contributed by atoms with E-state index in [1.54, 1.807) is 12.1 Å². The number of pyridine rings is 1. The Morgan fingerprint density at radius 1 is 1.21 bits per heavy atom. The molecule has 28 heavy (non-hydrogen) atoms. The molecule has 2 amide bonds. The van der Waals surface area contributed by atoms with Crippen molar-refractivity contribution >= 4 is 45.0 Å². The number of nitrogens with zero attached hydrogens (tertiary/aromatic N) is 3. The summed E-state index contributed by atoms with van der Waals surface area (Å²) in [5, 5.41) is 8.88. The zero-order valence-corrected chi connectivity index (χ0v) is 16.5. The van der Waals surface area contributed by atoms with Gasteiger partial charge in [-0.1, -0.05) is 11.6 Å². The number of carbonyl (C=O) groups is 2. The Morgan fingerprint density at radius 2 is 1.96 bits per heavy atom. The van der Waals surface area contributed by atoms with Crippen molar-refractivity contribution < 1.29 is 18.4 Å². The molecule has 1 aromatic carbocycles. The van der Waals surface area contributed by atoms with Gasteiger partial charge in [-0.3, -0.25) is 9.59 Å². The van der Waals surface area contributed by atoms with Gasteiger partial charge in [-0.05, 0) is 34.1 Å². The maximum Gasteiger partial charge on any atom is 0.274 e. The number of halogens is 4. The molecule has 0 radical (unpaired) electrons. The van der Waals surface area contributed by atoms with Gasteiger partial charge < -0.3 is 10.6 Å². The van der Waals surface area contributed by atoms with Gasteiger partial charge in [0.05, 0.1) is 16.3 Å². The summed E-state index contributed by atoms with van der Waals surface area (Å²) >= 11 is 9.27. The predicted molar refractivity (Wildman–Crippen MR) is 102 cm³/mol. The van der Waals surface area contributed by atoms with E-state index in [2.05, 4.69) is 36.6 Å². The van der Waals surface area contributed by atoms with Gasteiger partial charge in [-0.2, -0.15) is 5.10 Å².